The molecule has 7 nitrogen and oxygen atoms in total. The lowest BCUT2D eigenvalue weighted by Crippen LogP contribution is -2.33. The van der Waals surface area contributed by atoms with Crippen LogP contribution in [0.2, 0.25) is 0 Å². The van der Waals surface area contributed by atoms with Crippen LogP contribution in [0.3, 0.4) is 0 Å². The van der Waals surface area contributed by atoms with Crippen LogP contribution in [0.4, 0.5) is 5.69 Å². The van der Waals surface area contributed by atoms with E-state index in [1.54, 1.807) is 0 Å². The third kappa shape index (κ3) is 4.35. The van der Waals surface area contributed by atoms with Crippen molar-refractivity contribution in [2.24, 2.45) is 22.2 Å². The maximum atomic E-state index is 12.1. The van der Waals surface area contributed by atoms with E-state index >= 15 is 0 Å². The lowest BCUT2D eigenvalue weighted by Gasteiger charge is -2.26. The number of carbonyl (C=O) groups is 1. The molecule has 1 aliphatic heterocycles. The summed E-state index contributed by atoms with van der Waals surface area (Å²) >= 11 is 0. The smallest absolute Gasteiger partial charge is 0.311 e. The van der Waals surface area contributed by atoms with Gasteiger partial charge in [0.15, 0.2) is 0 Å². The summed E-state index contributed by atoms with van der Waals surface area (Å²) in [6, 6.07) is 0. The fourth-order valence-electron chi connectivity index (χ4n) is 3.92. The molecule has 1 aromatic rings. The van der Waals surface area contributed by atoms with Gasteiger partial charge in [0, 0.05) is 18.4 Å². The van der Waals surface area contributed by atoms with Crippen LogP contribution in [0.15, 0.2) is 4.99 Å². The van der Waals surface area contributed by atoms with Crippen LogP contribution in [0, 0.1) is 31.1 Å². The third-order valence-electron chi connectivity index (χ3n) is 5.37. The maximum Gasteiger partial charge on any atom is 0.311 e. The minimum atomic E-state index is -0.506. The predicted octanol–water partition coefficient (Wildman–Crippen LogP) is 3.31. The van der Waals surface area contributed by atoms with Crippen molar-refractivity contribution in [3.63, 3.8) is 0 Å². The average molecular weight is 392 g/mol. The van der Waals surface area contributed by atoms with Gasteiger partial charge in [-0.25, -0.2) is 9.98 Å². The second-order valence-corrected chi connectivity index (χ2v) is 8.80. The lowest BCUT2D eigenvalue weighted by atomic mass is 9.97. The number of aryl methyl sites for hydroxylation is 2. The average Bonchev–Trinajstić information content (AvgIpc) is 2.96. The van der Waals surface area contributed by atoms with Gasteiger partial charge in [0.1, 0.15) is 17.6 Å². The summed E-state index contributed by atoms with van der Waals surface area (Å²) in [6.07, 6.45) is 3.17. The lowest BCUT2D eigenvalue weighted by molar-refractivity contribution is -0.153. The van der Waals surface area contributed by atoms with Crippen LogP contribution in [-0.2, 0) is 9.53 Å². The van der Waals surface area contributed by atoms with E-state index in [0.717, 1.165) is 30.7 Å². The fraction of sp³-hybridized carbons (Fsp3) is 0.714. The summed E-state index contributed by atoms with van der Waals surface area (Å²) < 4.78 is 18.7. The molecule has 1 N–H and O–H groups in total. The van der Waals surface area contributed by atoms with E-state index in [9.17, 15) is 4.79 Å². The quantitative estimate of drug-likeness (QED) is 0.566. The van der Waals surface area contributed by atoms with Crippen molar-refractivity contribution in [1.29, 1.82) is 1.43 Å². The molecule has 1 aliphatic carbocycles. The van der Waals surface area contributed by atoms with Crippen molar-refractivity contribution in [3.8, 4) is 5.88 Å². The van der Waals surface area contributed by atoms with Crippen LogP contribution in [0.25, 0.3) is 0 Å². The van der Waals surface area contributed by atoms with Gasteiger partial charge in [-0.2, -0.15) is 4.98 Å². The number of hydrogen-bond acceptors (Lipinski definition) is 7. The van der Waals surface area contributed by atoms with Crippen molar-refractivity contribution < 1.29 is 19.4 Å². The predicted molar refractivity (Wildman–Crippen MR) is 106 cm³/mol. The Morgan fingerprint density at radius 3 is 2.82 bits per heavy atom. The Bertz CT molecular complexity index is 791. The molecule has 1 fully saturated rings. The first-order chi connectivity index (χ1) is 13.7. The summed E-state index contributed by atoms with van der Waals surface area (Å²) in [4.78, 5) is 25.8. The zero-order valence-corrected chi connectivity index (χ0v) is 17.4. The number of esters is 1. The van der Waals surface area contributed by atoms with Gasteiger partial charge in [0.05, 0.1) is 23.4 Å². The molecule has 1 saturated carbocycles. The number of carbonyl (C=O) groups excluding carboxylic acids is 1. The molecular weight excluding hydrogens is 358 g/mol. The molecule has 0 radical (unpaired) electrons. The minimum absolute atomic E-state index is 0.134. The first-order valence-corrected chi connectivity index (χ1v) is 10.1. The molecule has 0 spiro atoms. The number of hydrogen-bond donors (Lipinski definition) is 1. The van der Waals surface area contributed by atoms with Crippen molar-refractivity contribution >= 4 is 17.4 Å². The summed E-state index contributed by atoms with van der Waals surface area (Å²) in [5, 5.41) is 4.48. The molecule has 28 heavy (non-hydrogen) atoms. The Morgan fingerprint density at radius 2 is 2.11 bits per heavy atom. The van der Waals surface area contributed by atoms with Crippen molar-refractivity contribution in [2.75, 3.05) is 13.2 Å². The van der Waals surface area contributed by atoms with E-state index < -0.39 is 5.41 Å². The highest BCUT2D eigenvalue weighted by Crippen LogP contribution is 2.43. The van der Waals surface area contributed by atoms with Crippen LogP contribution >= 0.6 is 0 Å². The number of aliphatic hydroxyl groups is 1. The van der Waals surface area contributed by atoms with Crippen molar-refractivity contribution in [2.45, 2.75) is 66.4 Å². The third-order valence-corrected chi connectivity index (χ3v) is 5.37. The van der Waals surface area contributed by atoms with E-state index in [4.69, 9.17) is 15.9 Å². The second-order valence-electron chi connectivity index (χ2n) is 8.80. The highest BCUT2D eigenvalue weighted by Gasteiger charge is 2.44. The molecule has 0 bridgehead atoms. The van der Waals surface area contributed by atoms with E-state index in [-0.39, 0.29) is 23.9 Å². The highest BCUT2D eigenvalue weighted by molar-refractivity contribution is 5.97. The van der Waals surface area contributed by atoms with Crippen LogP contribution in [0.5, 0.6) is 5.88 Å². The van der Waals surface area contributed by atoms with E-state index in [0.29, 0.717) is 37.0 Å². The van der Waals surface area contributed by atoms with Gasteiger partial charge in [-0.3, -0.25) is 4.79 Å². The molecule has 0 unspecified atom stereocenters. The molecule has 154 valence electrons. The molecule has 3 rings (SSSR count). The SMILES string of the molecule is [3H]OCCC[C@H]1C[C@H](CCOC(=O)C(C)(C)C)C2=Nc3c(C)nc(C)nc3O[C@H]21. The largest absolute Gasteiger partial charge is 0.466 e. The Morgan fingerprint density at radius 1 is 1.32 bits per heavy atom. The molecule has 3 atom stereocenters. The minimum Gasteiger partial charge on any atom is -0.466 e. The van der Waals surface area contributed by atoms with Crippen molar-refractivity contribution in [3.05, 3.63) is 11.5 Å². The maximum absolute atomic E-state index is 12.1. The zero-order valence-electron chi connectivity index (χ0n) is 18.4. The van der Waals surface area contributed by atoms with Gasteiger partial charge >= 0.3 is 5.97 Å². The Labute approximate surface area is 168 Å². The monoisotopic (exact) mass is 391 g/mol. The topological polar surface area (TPSA) is 93.9 Å². The summed E-state index contributed by atoms with van der Waals surface area (Å²) in [6.45, 7) is 10.1. The number of rotatable bonds is 7. The van der Waals surface area contributed by atoms with Gasteiger partial charge in [-0.1, -0.05) is 0 Å². The summed E-state index contributed by atoms with van der Waals surface area (Å²) in [5.74, 6) is 1.48. The Hall–Kier alpha value is -2.02. The van der Waals surface area contributed by atoms with Crippen LogP contribution in [0.1, 0.15) is 58.0 Å². The number of nitrogens with zero attached hydrogens (tertiary/aromatic N) is 3. The molecule has 1 aromatic heterocycles. The number of aliphatic imine (C=N–C) groups is 1. The van der Waals surface area contributed by atoms with Crippen molar-refractivity contribution in [1.82, 2.24) is 9.97 Å². The Balaban J connectivity index is 1.77. The molecule has 7 heteroatoms. The second kappa shape index (κ2) is 8.15. The normalized spacial score (nSPS) is 24.0. The number of ether oxygens (including phenoxy) is 2. The van der Waals surface area contributed by atoms with Gasteiger partial charge < -0.3 is 14.6 Å². The van der Waals surface area contributed by atoms with E-state index in [2.05, 4.69) is 15.1 Å². The van der Waals surface area contributed by atoms with Crippen LogP contribution in [-0.4, -0.2) is 47.5 Å². The Kier molecular flexibility index (Phi) is 5.62. The summed E-state index contributed by atoms with van der Waals surface area (Å²) in [5.41, 5.74) is 2.00. The molecular formula is C21H31N3O4. The molecule has 0 amide bonds. The first-order valence-electron chi connectivity index (χ1n) is 10.5. The van der Waals surface area contributed by atoms with E-state index in [1.165, 1.54) is 0 Å². The molecule has 2 heterocycles. The van der Waals surface area contributed by atoms with Gasteiger partial charge in [0.2, 0.25) is 7.31 Å². The molecule has 0 aromatic carbocycles. The highest BCUT2D eigenvalue weighted by atomic mass is 16.5. The molecule has 2 aliphatic rings. The molecule has 0 saturated heterocycles. The van der Waals surface area contributed by atoms with Gasteiger partial charge in [-0.15, -0.1) is 0 Å². The van der Waals surface area contributed by atoms with Gasteiger partial charge in [0.25, 0.3) is 0 Å². The first kappa shape index (κ1) is 19.3. The fourth-order valence-corrected chi connectivity index (χ4v) is 3.92. The van der Waals surface area contributed by atoms with Crippen LogP contribution < -0.4 is 4.74 Å². The number of fused-ring (bicyclic) bond motifs is 2. The number of aliphatic hydroxyl groups excluding tert-OH is 1. The zero-order chi connectivity index (χ0) is 21.2. The number of aromatic nitrogens is 2. The standard InChI is InChI=1S/C21H31N3O4/c1-12-16-19(23-13(2)22-12)28-18-15(7-6-9-25)11-14(17(18)24-16)8-10-27-20(26)21(3,4)5/h14-15,18,25H,6-11H2,1-5H3/t14-,15-,18-/m0/s1/i25T. The summed E-state index contributed by atoms with van der Waals surface area (Å²) in [7, 11) is 0. The van der Waals surface area contributed by atoms with E-state index in [1.807, 2.05) is 34.6 Å². The van der Waals surface area contributed by atoms with Gasteiger partial charge in [-0.05, 0) is 60.3 Å².